The van der Waals surface area contributed by atoms with Gasteiger partial charge in [0.05, 0.1) is 12.8 Å². The molecule has 1 aromatic heterocycles. The van der Waals surface area contributed by atoms with Crippen molar-refractivity contribution in [2.75, 3.05) is 12.4 Å². The normalized spacial score (nSPS) is 11.4. The number of methoxy groups -OCH3 is 1. The van der Waals surface area contributed by atoms with Crippen LogP contribution in [0, 0.1) is 0 Å². The molecule has 2 aromatic carbocycles. The first-order valence-electron chi connectivity index (χ1n) is 6.88. The highest BCUT2D eigenvalue weighted by Crippen LogP contribution is 2.23. The Morgan fingerprint density at radius 3 is 2.70 bits per heavy atom. The number of anilines is 1. The summed E-state index contributed by atoms with van der Waals surface area (Å²) in [6.07, 6.45) is 0. The van der Waals surface area contributed by atoms with Crippen molar-refractivity contribution in [2.45, 2.75) is 0 Å². The van der Waals surface area contributed by atoms with Gasteiger partial charge in [-0.05, 0) is 29.4 Å². The van der Waals surface area contributed by atoms with Crippen LogP contribution in [0.4, 0.5) is 5.69 Å². The Hall–Kier alpha value is -3.28. The fraction of sp³-hybridized carbons (Fsp3) is 0.0588. The van der Waals surface area contributed by atoms with Crippen LogP contribution in [-0.4, -0.2) is 18.2 Å². The van der Waals surface area contributed by atoms with E-state index in [9.17, 15) is 4.79 Å². The van der Waals surface area contributed by atoms with Gasteiger partial charge in [0.1, 0.15) is 16.9 Å². The zero-order chi connectivity index (χ0) is 16.2. The molecule has 0 spiro atoms. The molecule has 0 bridgehead atoms. The molecule has 116 valence electrons. The van der Waals surface area contributed by atoms with Crippen LogP contribution in [0.3, 0.4) is 0 Å². The highest BCUT2D eigenvalue weighted by atomic mass is 16.5. The predicted octanol–water partition coefficient (Wildman–Crippen LogP) is 2.98. The Morgan fingerprint density at radius 1 is 1.17 bits per heavy atom. The lowest BCUT2D eigenvalue weighted by Gasteiger charge is -2.10. The highest BCUT2D eigenvalue weighted by molar-refractivity contribution is 6.06. The van der Waals surface area contributed by atoms with E-state index in [2.05, 4.69) is 10.5 Å². The lowest BCUT2D eigenvalue weighted by atomic mass is 10.1. The molecular weight excluding hydrogens is 296 g/mol. The average Bonchev–Trinajstić information content (AvgIpc) is 2.60. The smallest absolute Gasteiger partial charge is 0.268 e. The van der Waals surface area contributed by atoms with E-state index >= 15 is 0 Å². The summed E-state index contributed by atoms with van der Waals surface area (Å²) in [5, 5.41) is 15.6. The van der Waals surface area contributed by atoms with Gasteiger partial charge in [-0.1, -0.05) is 30.3 Å². The lowest BCUT2D eigenvalue weighted by Crippen LogP contribution is -2.22. The molecule has 0 aliphatic carbocycles. The number of hydrogen-bond donors (Lipinski definition) is 2. The molecule has 23 heavy (non-hydrogen) atoms. The van der Waals surface area contributed by atoms with Crippen LogP contribution < -0.4 is 15.6 Å². The number of ether oxygens (including phenoxy) is 1. The zero-order valence-corrected chi connectivity index (χ0v) is 12.3. The molecule has 0 aliphatic rings. The lowest BCUT2D eigenvalue weighted by molar-refractivity contribution is 0.102. The first kappa shape index (κ1) is 14.6. The summed E-state index contributed by atoms with van der Waals surface area (Å²) < 4.78 is 10.6. The van der Waals surface area contributed by atoms with Crippen LogP contribution in [0.2, 0.25) is 0 Å². The van der Waals surface area contributed by atoms with Crippen molar-refractivity contribution in [3.05, 3.63) is 65.7 Å². The number of hydrogen-bond acceptors (Lipinski definition) is 5. The van der Waals surface area contributed by atoms with E-state index in [4.69, 9.17) is 14.4 Å². The molecule has 0 aliphatic heterocycles. The fourth-order valence-electron chi connectivity index (χ4n) is 2.24. The fourth-order valence-corrected chi connectivity index (χ4v) is 2.24. The van der Waals surface area contributed by atoms with Crippen molar-refractivity contribution in [1.82, 2.24) is 0 Å². The van der Waals surface area contributed by atoms with Crippen LogP contribution in [-0.2, 0) is 0 Å². The Labute approximate surface area is 131 Å². The minimum atomic E-state index is -0.461. The maximum atomic E-state index is 12.5. The highest BCUT2D eigenvalue weighted by Gasteiger charge is 2.14. The third-order valence-electron chi connectivity index (χ3n) is 3.35. The summed E-state index contributed by atoms with van der Waals surface area (Å²) in [7, 11) is 1.52. The van der Waals surface area contributed by atoms with Gasteiger partial charge < -0.3 is 19.7 Å². The largest absolute Gasteiger partial charge is 0.495 e. The van der Waals surface area contributed by atoms with Crippen molar-refractivity contribution in [2.24, 2.45) is 5.16 Å². The number of carbonyl (C=O) groups is 1. The minimum absolute atomic E-state index is 0.122. The molecular formula is C17H14N2O4. The minimum Gasteiger partial charge on any atom is -0.495 e. The van der Waals surface area contributed by atoms with Crippen molar-refractivity contribution < 1.29 is 19.2 Å². The molecule has 0 unspecified atom stereocenters. The van der Waals surface area contributed by atoms with E-state index in [1.807, 2.05) is 6.07 Å². The number of nitrogens with zero attached hydrogens (tertiary/aromatic N) is 1. The summed E-state index contributed by atoms with van der Waals surface area (Å²) in [6, 6.07) is 15.8. The monoisotopic (exact) mass is 310 g/mol. The van der Waals surface area contributed by atoms with Crippen LogP contribution in [0.15, 0.2) is 64.2 Å². The molecule has 0 fully saturated rings. The molecule has 3 rings (SSSR count). The Kier molecular flexibility index (Phi) is 3.97. The van der Waals surface area contributed by atoms with Crippen LogP contribution in [0.25, 0.3) is 11.0 Å². The Bertz CT molecular complexity index is 931. The second-order valence-electron chi connectivity index (χ2n) is 4.76. The van der Waals surface area contributed by atoms with Crippen molar-refractivity contribution in [1.29, 1.82) is 0 Å². The van der Waals surface area contributed by atoms with Gasteiger partial charge >= 0.3 is 0 Å². The molecule has 1 heterocycles. The number of fused-ring (bicyclic) bond motifs is 1. The first-order chi connectivity index (χ1) is 11.2. The third kappa shape index (κ3) is 2.87. The van der Waals surface area contributed by atoms with Crippen LogP contribution >= 0.6 is 0 Å². The van der Waals surface area contributed by atoms with E-state index in [0.29, 0.717) is 17.0 Å². The molecule has 2 N–H and O–H groups in total. The van der Waals surface area contributed by atoms with Crippen molar-refractivity contribution in [3.63, 3.8) is 0 Å². The molecule has 6 nitrogen and oxygen atoms in total. The van der Waals surface area contributed by atoms with Gasteiger partial charge in [-0.2, -0.15) is 0 Å². The molecule has 6 heteroatoms. The summed E-state index contributed by atoms with van der Waals surface area (Å²) in [5.41, 5.74) is 0.999. The Balaban J connectivity index is 2.04. The van der Waals surface area contributed by atoms with Gasteiger partial charge in [-0.15, -0.1) is 0 Å². The second kappa shape index (κ2) is 6.23. The SMILES string of the molecule is COc1ccccc1NC(=O)c1cc2ccccc2o/c1=N/O. The number of amides is 1. The van der Waals surface area contributed by atoms with Crippen molar-refractivity contribution in [3.8, 4) is 5.75 Å². The summed E-state index contributed by atoms with van der Waals surface area (Å²) >= 11 is 0. The van der Waals surface area contributed by atoms with Gasteiger partial charge in [0, 0.05) is 5.39 Å². The quantitative estimate of drug-likeness (QED) is 0.575. The third-order valence-corrected chi connectivity index (χ3v) is 3.35. The molecule has 0 saturated carbocycles. The van der Waals surface area contributed by atoms with E-state index in [0.717, 1.165) is 5.39 Å². The second-order valence-corrected chi connectivity index (χ2v) is 4.76. The van der Waals surface area contributed by atoms with Gasteiger partial charge in [0.2, 0.25) is 0 Å². The molecule has 3 aromatic rings. The maximum Gasteiger partial charge on any atom is 0.268 e. The summed E-state index contributed by atoms with van der Waals surface area (Å²) in [6.45, 7) is 0. The van der Waals surface area contributed by atoms with Gasteiger partial charge in [0.25, 0.3) is 11.5 Å². The summed E-state index contributed by atoms with van der Waals surface area (Å²) in [5.74, 6) is 0.0675. The van der Waals surface area contributed by atoms with E-state index in [1.54, 1.807) is 48.5 Å². The number of benzene rings is 2. The zero-order valence-electron chi connectivity index (χ0n) is 12.3. The number of rotatable bonds is 3. The standard InChI is InChI=1S/C17H14N2O4/c1-22-15-9-5-3-7-13(15)18-16(20)12-10-11-6-2-4-8-14(11)23-17(12)19-21/h2-10,21H,1H3,(H,18,20)/b19-17+. The van der Waals surface area contributed by atoms with Crippen LogP contribution in [0.5, 0.6) is 5.75 Å². The topological polar surface area (TPSA) is 84.1 Å². The number of nitrogens with one attached hydrogen (secondary N) is 1. The molecule has 0 saturated heterocycles. The Morgan fingerprint density at radius 2 is 1.91 bits per heavy atom. The van der Waals surface area contributed by atoms with Crippen LogP contribution in [0.1, 0.15) is 10.4 Å². The van der Waals surface area contributed by atoms with E-state index < -0.39 is 5.91 Å². The maximum absolute atomic E-state index is 12.5. The average molecular weight is 310 g/mol. The van der Waals surface area contributed by atoms with Gasteiger partial charge in [-0.25, -0.2) is 0 Å². The molecule has 1 amide bonds. The first-order valence-corrected chi connectivity index (χ1v) is 6.88. The van der Waals surface area contributed by atoms with Gasteiger partial charge in [-0.3, -0.25) is 4.79 Å². The number of para-hydroxylation sites is 3. The van der Waals surface area contributed by atoms with Gasteiger partial charge in [0.15, 0.2) is 0 Å². The van der Waals surface area contributed by atoms with E-state index in [1.165, 1.54) is 7.11 Å². The van der Waals surface area contributed by atoms with E-state index in [-0.39, 0.29) is 11.1 Å². The summed E-state index contributed by atoms with van der Waals surface area (Å²) in [4.78, 5) is 12.5. The molecule has 0 atom stereocenters. The van der Waals surface area contributed by atoms with Crippen molar-refractivity contribution >= 4 is 22.6 Å². The number of carbonyl (C=O) groups excluding carboxylic acids is 1. The predicted molar refractivity (Wildman–Crippen MR) is 84.5 cm³/mol. The molecule has 0 radical (unpaired) electrons.